The molecule has 1 fully saturated rings. The van der Waals surface area contributed by atoms with Gasteiger partial charge >= 0.3 is 0 Å². The van der Waals surface area contributed by atoms with E-state index in [1.165, 1.54) is 6.42 Å². The standard InChI is InChI=1S/C14H24N4O/c1-3-8-19-13-9-11(2)16-14(17-13)18-7-5-12(10-18)4-6-15/h9,12H,3-8,10,15H2,1-2H3. The molecule has 1 atom stereocenters. The van der Waals surface area contributed by atoms with Crippen LogP contribution in [0.1, 0.15) is 31.9 Å². The van der Waals surface area contributed by atoms with Gasteiger partial charge in [-0.3, -0.25) is 0 Å². The van der Waals surface area contributed by atoms with E-state index in [1.807, 2.05) is 13.0 Å². The van der Waals surface area contributed by atoms with Crippen LogP contribution >= 0.6 is 0 Å². The van der Waals surface area contributed by atoms with Crippen LogP contribution in [0.4, 0.5) is 5.95 Å². The van der Waals surface area contributed by atoms with Gasteiger partial charge in [-0.15, -0.1) is 0 Å². The predicted octanol–water partition coefficient (Wildman–Crippen LogP) is 1.75. The zero-order valence-electron chi connectivity index (χ0n) is 11.9. The minimum Gasteiger partial charge on any atom is -0.478 e. The molecule has 1 aliphatic rings. The molecule has 0 amide bonds. The molecule has 2 N–H and O–H groups in total. The van der Waals surface area contributed by atoms with Crippen molar-refractivity contribution in [1.82, 2.24) is 9.97 Å². The molecule has 19 heavy (non-hydrogen) atoms. The Kier molecular flexibility index (Phi) is 4.96. The average Bonchev–Trinajstić information content (AvgIpc) is 2.85. The Morgan fingerprint density at radius 2 is 2.32 bits per heavy atom. The van der Waals surface area contributed by atoms with Gasteiger partial charge in [-0.05, 0) is 38.6 Å². The van der Waals surface area contributed by atoms with Gasteiger partial charge < -0.3 is 15.4 Å². The number of rotatable bonds is 6. The first-order chi connectivity index (χ1) is 9.22. The van der Waals surface area contributed by atoms with Crippen molar-refractivity contribution in [3.8, 4) is 5.88 Å². The summed E-state index contributed by atoms with van der Waals surface area (Å²) in [5, 5.41) is 0. The van der Waals surface area contributed by atoms with Gasteiger partial charge in [0.05, 0.1) is 6.61 Å². The van der Waals surface area contributed by atoms with E-state index in [0.717, 1.165) is 44.1 Å². The lowest BCUT2D eigenvalue weighted by Gasteiger charge is -2.17. The second kappa shape index (κ2) is 6.70. The highest BCUT2D eigenvalue weighted by Crippen LogP contribution is 2.24. The van der Waals surface area contributed by atoms with Crippen molar-refractivity contribution in [1.29, 1.82) is 0 Å². The molecular weight excluding hydrogens is 240 g/mol. The smallest absolute Gasteiger partial charge is 0.228 e. The van der Waals surface area contributed by atoms with E-state index in [2.05, 4.69) is 21.8 Å². The Hall–Kier alpha value is -1.36. The first-order valence-electron chi connectivity index (χ1n) is 7.16. The van der Waals surface area contributed by atoms with E-state index in [9.17, 15) is 0 Å². The molecule has 106 valence electrons. The summed E-state index contributed by atoms with van der Waals surface area (Å²) in [6.45, 7) is 7.56. The number of hydrogen-bond donors (Lipinski definition) is 1. The third-order valence-electron chi connectivity index (χ3n) is 3.42. The third kappa shape index (κ3) is 3.80. The summed E-state index contributed by atoms with van der Waals surface area (Å²) in [4.78, 5) is 11.3. The number of aryl methyl sites for hydroxylation is 1. The van der Waals surface area contributed by atoms with Crippen LogP contribution in [0.25, 0.3) is 0 Å². The number of nitrogens with zero attached hydrogens (tertiary/aromatic N) is 3. The highest BCUT2D eigenvalue weighted by molar-refractivity contribution is 5.35. The van der Waals surface area contributed by atoms with Crippen LogP contribution in [0.2, 0.25) is 0 Å². The van der Waals surface area contributed by atoms with E-state index in [4.69, 9.17) is 10.5 Å². The van der Waals surface area contributed by atoms with E-state index in [1.54, 1.807) is 0 Å². The Balaban J connectivity index is 2.05. The Bertz CT molecular complexity index is 410. The van der Waals surface area contributed by atoms with Crippen molar-refractivity contribution in [2.45, 2.75) is 33.1 Å². The molecule has 1 aliphatic heterocycles. The van der Waals surface area contributed by atoms with Crippen LogP contribution in [-0.2, 0) is 0 Å². The Labute approximate surface area is 115 Å². The molecule has 1 saturated heterocycles. The van der Waals surface area contributed by atoms with Gasteiger partial charge in [-0.2, -0.15) is 4.98 Å². The lowest BCUT2D eigenvalue weighted by molar-refractivity contribution is 0.304. The Morgan fingerprint density at radius 1 is 1.47 bits per heavy atom. The van der Waals surface area contributed by atoms with Crippen molar-refractivity contribution >= 4 is 5.95 Å². The molecule has 2 rings (SSSR count). The second-order valence-electron chi connectivity index (χ2n) is 5.17. The fourth-order valence-electron chi connectivity index (χ4n) is 2.43. The quantitative estimate of drug-likeness (QED) is 0.848. The number of hydrogen-bond acceptors (Lipinski definition) is 5. The molecule has 2 heterocycles. The van der Waals surface area contributed by atoms with Gasteiger partial charge in [0, 0.05) is 24.8 Å². The average molecular weight is 264 g/mol. The fraction of sp³-hybridized carbons (Fsp3) is 0.714. The fourth-order valence-corrected chi connectivity index (χ4v) is 2.43. The number of nitrogens with two attached hydrogens (primary N) is 1. The van der Waals surface area contributed by atoms with Crippen LogP contribution in [0, 0.1) is 12.8 Å². The minimum atomic E-state index is 0.675. The van der Waals surface area contributed by atoms with E-state index >= 15 is 0 Å². The van der Waals surface area contributed by atoms with Crippen molar-refractivity contribution in [2.24, 2.45) is 11.7 Å². The van der Waals surface area contributed by atoms with Gasteiger partial charge in [0.1, 0.15) is 0 Å². The van der Waals surface area contributed by atoms with Crippen molar-refractivity contribution in [2.75, 3.05) is 31.1 Å². The third-order valence-corrected chi connectivity index (χ3v) is 3.42. The van der Waals surface area contributed by atoms with Crippen LogP contribution < -0.4 is 15.4 Å². The van der Waals surface area contributed by atoms with E-state index in [0.29, 0.717) is 18.4 Å². The molecule has 0 saturated carbocycles. The zero-order valence-corrected chi connectivity index (χ0v) is 11.9. The molecule has 0 radical (unpaired) electrons. The van der Waals surface area contributed by atoms with Crippen molar-refractivity contribution in [3.63, 3.8) is 0 Å². The van der Waals surface area contributed by atoms with Crippen LogP contribution in [0.3, 0.4) is 0 Å². The molecule has 1 aromatic heterocycles. The zero-order chi connectivity index (χ0) is 13.7. The first kappa shape index (κ1) is 14.1. The molecule has 0 spiro atoms. The van der Waals surface area contributed by atoms with Gasteiger partial charge in [-0.1, -0.05) is 6.92 Å². The van der Waals surface area contributed by atoms with Crippen molar-refractivity contribution < 1.29 is 4.74 Å². The maximum absolute atomic E-state index is 5.63. The topological polar surface area (TPSA) is 64.3 Å². The number of ether oxygens (including phenoxy) is 1. The van der Waals surface area contributed by atoms with Crippen LogP contribution in [0.5, 0.6) is 5.88 Å². The molecular formula is C14H24N4O. The van der Waals surface area contributed by atoms with Gasteiger partial charge in [0.15, 0.2) is 0 Å². The molecule has 5 heteroatoms. The number of aromatic nitrogens is 2. The van der Waals surface area contributed by atoms with Gasteiger partial charge in [0.25, 0.3) is 0 Å². The van der Waals surface area contributed by atoms with Crippen molar-refractivity contribution in [3.05, 3.63) is 11.8 Å². The first-order valence-corrected chi connectivity index (χ1v) is 7.16. The molecule has 0 bridgehead atoms. The SMILES string of the molecule is CCCOc1cc(C)nc(N2CCC(CCN)C2)n1. The van der Waals surface area contributed by atoms with Crippen LogP contribution in [-0.4, -0.2) is 36.2 Å². The molecule has 0 aromatic carbocycles. The maximum atomic E-state index is 5.63. The monoisotopic (exact) mass is 264 g/mol. The normalized spacial score (nSPS) is 18.9. The number of anilines is 1. The van der Waals surface area contributed by atoms with Crippen LogP contribution in [0.15, 0.2) is 6.07 Å². The highest BCUT2D eigenvalue weighted by atomic mass is 16.5. The summed E-state index contributed by atoms with van der Waals surface area (Å²) >= 11 is 0. The molecule has 1 aromatic rings. The summed E-state index contributed by atoms with van der Waals surface area (Å²) in [5.74, 6) is 2.16. The van der Waals surface area contributed by atoms with Gasteiger partial charge in [-0.25, -0.2) is 4.98 Å². The highest BCUT2D eigenvalue weighted by Gasteiger charge is 2.24. The summed E-state index contributed by atoms with van der Waals surface area (Å²) < 4.78 is 5.61. The summed E-state index contributed by atoms with van der Waals surface area (Å²) in [5.41, 5.74) is 6.58. The predicted molar refractivity (Wildman–Crippen MR) is 76.5 cm³/mol. The summed E-state index contributed by atoms with van der Waals surface area (Å²) in [6.07, 6.45) is 3.25. The lowest BCUT2D eigenvalue weighted by Crippen LogP contribution is -2.23. The van der Waals surface area contributed by atoms with E-state index in [-0.39, 0.29) is 0 Å². The molecule has 0 aliphatic carbocycles. The molecule has 1 unspecified atom stereocenters. The Morgan fingerprint density at radius 3 is 3.05 bits per heavy atom. The lowest BCUT2D eigenvalue weighted by atomic mass is 10.1. The largest absolute Gasteiger partial charge is 0.478 e. The second-order valence-corrected chi connectivity index (χ2v) is 5.17. The summed E-state index contributed by atoms with van der Waals surface area (Å²) in [7, 11) is 0. The van der Waals surface area contributed by atoms with Gasteiger partial charge in [0.2, 0.25) is 11.8 Å². The van der Waals surface area contributed by atoms with E-state index < -0.39 is 0 Å². The minimum absolute atomic E-state index is 0.675. The molecule has 5 nitrogen and oxygen atoms in total. The summed E-state index contributed by atoms with van der Waals surface area (Å²) in [6, 6.07) is 1.90. The maximum Gasteiger partial charge on any atom is 0.228 e.